The number of aromatic hydroxyl groups is 2. The Bertz CT molecular complexity index is 3350. The van der Waals surface area contributed by atoms with E-state index in [0.29, 0.717) is 34.4 Å². The van der Waals surface area contributed by atoms with Crippen LogP contribution >= 0.6 is 90.4 Å². The van der Waals surface area contributed by atoms with Gasteiger partial charge in [0.15, 0.2) is 0 Å². The highest BCUT2D eigenvalue weighted by Gasteiger charge is 2.24. The summed E-state index contributed by atoms with van der Waals surface area (Å²) in [5, 5.41) is 40.5. The molecule has 0 aliphatic carbocycles. The fourth-order valence-electron chi connectivity index (χ4n) is 8.50. The van der Waals surface area contributed by atoms with Crippen molar-refractivity contribution in [3.63, 3.8) is 0 Å². The fraction of sp³-hybridized carbons (Fsp3) is 0.0714. The Kier molecular flexibility index (Phi) is 14.1. The van der Waals surface area contributed by atoms with Crippen LogP contribution in [0.15, 0.2) is 180 Å². The highest BCUT2D eigenvalue weighted by atomic mass is 127. The zero-order chi connectivity index (χ0) is 46.7. The van der Waals surface area contributed by atoms with Crippen LogP contribution in [0.2, 0.25) is 0 Å². The molecule has 0 amide bonds. The van der Waals surface area contributed by atoms with Crippen LogP contribution < -0.4 is 18.9 Å². The molecule has 0 radical (unpaired) electrons. The second-order valence-corrected chi connectivity index (χ2v) is 20.4. The van der Waals surface area contributed by atoms with Gasteiger partial charge >= 0.3 is 0 Å². The molecule has 0 spiro atoms. The minimum absolute atomic E-state index is 0.219. The molecule has 10 rings (SSSR count). The molecule has 10 aromatic carbocycles. The van der Waals surface area contributed by atoms with E-state index < -0.39 is 0 Å². The van der Waals surface area contributed by atoms with Gasteiger partial charge in [-0.15, -0.1) is 10.2 Å². The number of halogens is 4. The van der Waals surface area contributed by atoms with Crippen LogP contribution in [0.4, 0.5) is 11.4 Å². The molecule has 0 fully saturated rings. The number of nitrogens with zero attached hydrogens (tertiary/aromatic N) is 2. The topological polar surface area (TPSA) is 102 Å². The third-order valence-corrected chi connectivity index (χ3v) is 14.8. The maximum atomic E-state index is 11.6. The number of fused-ring (bicyclic) bond motifs is 4. The average molecular weight is 1340 g/mol. The quantitative estimate of drug-likeness (QED) is 0.0639. The first-order chi connectivity index (χ1) is 33.2. The number of ether oxygens (including phenoxy) is 4. The van der Waals surface area contributed by atoms with Crippen LogP contribution in [0.25, 0.3) is 65.3 Å². The fourth-order valence-corrected chi connectivity index (χ4v) is 11.2. The van der Waals surface area contributed by atoms with Crippen LogP contribution in [0.5, 0.6) is 34.5 Å². The lowest BCUT2D eigenvalue weighted by atomic mass is 9.92. The standard InChI is InChI=1S/C56H38I4N2O6/c57-41-29-33-13-1-5-17-37(33)49(53(41)63)51-39-19-7-3-15-35(39)31-43(59)55(51)67-27-25-65-47-23-11-9-21-45(47)61-62-46-22-10-12-24-48(46)66-26-28-68-56-44(60)32-36-16-4-8-20-40(36)52(56)50-38-18-6-2-14-34(38)30-42(58)54(50)64/h1-24,29-32,63-64H,25-28H2. The minimum Gasteiger partial charge on any atom is -0.506 e. The smallest absolute Gasteiger partial charge is 0.146 e. The lowest BCUT2D eigenvalue weighted by molar-refractivity contribution is 0.217. The molecular weight excluding hydrogens is 1300 g/mol. The maximum Gasteiger partial charge on any atom is 0.146 e. The van der Waals surface area contributed by atoms with Gasteiger partial charge in [0.2, 0.25) is 0 Å². The van der Waals surface area contributed by atoms with E-state index in [9.17, 15) is 10.2 Å². The van der Waals surface area contributed by atoms with Crippen LogP contribution in [-0.2, 0) is 0 Å². The van der Waals surface area contributed by atoms with Crippen LogP contribution in [0.3, 0.4) is 0 Å². The Morgan fingerprint density at radius 1 is 0.338 bits per heavy atom. The molecule has 0 heterocycles. The third-order valence-electron chi connectivity index (χ3n) is 11.5. The SMILES string of the molecule is Oc1c(I)cc2ccccc2c1-c1c(OCCOc2ccccc2N=Nc2ccccc2OCCOc2c(I)cc3ccccc3c2-c2c(O)c(I)cc3ccccc23)c(I)cc2ccccc12. The van der Waals surface area contributed by atoms with Crippen LogP contribution in [0, 0.1) is 14.3 Å². The highest BCUT2D eigenvalue weighted by Crippen LogP contribution is 2.50. The summed E-state index contributed by atoms with van der Waals surface area (Å²) in [6, 6.07) is 55.7. The number of phenols is 2. The maximum absolute atomic E-state index is 11.6. The summed E-state index contributed by atoms with van der Waals surface area (Å²) in [4.78, 5) is 0. The number of azo groups is 1. The molecule has 0 aliphatic heterocycles. The molecule has 0 unspecified atom stereocenters. The number of phenolic OH excluding ortho intramolecular Hbond substituents is 2. The van der Waals surface area contributed by atoms with E-state index in [1.54, 1.807) is 0 Å². The summed E-state index contributed by atoms with van der Waals surface area (Å²) in [6.45, 7) is 0.919. The molecule has 336 valence electrons. The zero-order valence-corrected chi connectivity index (χ0v) is 44.6. The van der Waals surface area contributed by atoms with Crippen molar-refractivity contribution in [3.8, 4) is 56.8 Å². The van der Waals surface area contributed by atoms with Gasteiger partial charge < -0.3 is 29.2 Å². The Morgan fingerprint density at radius 3 is 1.01 bits per heavy atom. The van der Waals surface area contributed by atoms with E-state index >= 15 is 0 Å². The largest absolute Gasteiger partial charge is 0.506 e. The first kappa shape index (κ1) is 46.3. The van der Waals surface area contributed by atoms with Crippen molar-refractivity contribution in [2.24, 2.45) is 10.2 Å². The Labute approximate surface area is 446 Å². The first-order valence-electron chi connectivity index (χ1n) is 21.6. The van der Waals surface area contributed by atoms with E-state index in [0.717, 1.165) is 79.6 Å². The van der Waals surface area contributed by atoms with Crippen molar-refractivity contribution in [2.75, 3.05) is 26.4 Å². The molecule has 10 aromatic rings. The van der Waals surface area contributed by atoms with Crippen molar-refractivity contribution < 1.29 is 29.2 Å². The monoisotopic (exact) mass is 1340 g/mol. The molecular formula is C56H38I4N2O6. The van der Waals surface area contributed by atoms with Gasteiger partial charge in [-0.1, -0.05) is 121 Å². The number of hydrogen-bond donors (Lipinski definition) is 2. The van der Waals surface area contributed by atoms with Crippen molar-refractivity contribution >= 4 is 145 Å². The second-order valence-electron chi connectivity index (χ2n) is 15.7. The minimum atomic E-state index is 0.219. The van der Waals surface area contributed by atoms with Crippen molar-refractivity contribution in [1.82, 2.24) is 0 Å². The van der Waals surface area contributed by atoms with Gasteiger partial charge in [-0.05, 0) is 182 Å². The number of benzene rings is 10. The van der Waals surface area contributed by atoms with Gasteiger partial charge in [0, 0.05) is 22.3 Å². The predicted molar refractivity (Wildman–Crippen MR) is 307 cm³/mol. The van der Waals surface area contributed by atoms with Gasteiger partial charge in [0.05, 0.1) is 14.3 Å². The van der Waals surface area contributed by atoms with E-state index in [2.05, 4.69) is 149 Å². The third kappa shape index (κ3) is 9.35. The summed E-state index contributed by atoms with van der Waals surface area (Å²) in [6.07, 6.45) is 0. The van der Waals surface area contributed by atoms with E-state index in [4.69, 9.17) is 18.9 Å². The molecule has 0 saturated carbocycles. The summed E-state index contributed by atoms with van der Waals surface area (Å²) < 4.78 is 29.2. The van der Waals surface area contributed by atoms with Crippen molar-refractivity contribution in [1.29, 1.82) is 0 Å². The van der Waals surface area contributed by atoms with E-state index in [1.807, 2.05) is 121 Å². The second kappa shape index (κ2) is 20.7. The van der Waals surface area contributed by atoms with Gasteiger partial charge in [-0.2, -0.15) is 0 Å². The molecule has 0 atom stereocenters. The molecule has 12 heteroatoms. The van der Waals surface area contributed by atoms with Gasteiger partial charge in [-0.3, -0.25) is 0 Å². The van der Waals surface area contributed by atoms with Gasteiger partial charge in [0.25, 0.3) is 0 Å². The summed E-state index contributed by atoms with van der Waals surface area (Å²) in [5.74, 6) is 2.89. The van der Waals surface area contributed by atoms with Crippen molar-refractivity contribution in [2.45, 2.75) is 0 Å². The molecule has 0 aromatic heterocycles. The summed E-state index contributed by atoms with van der Waals surface area (Å²) in [7, 11) is 0. The summed E-state index contributed by atoms with van der Waals surface area (Å²) in [5.41, 5.74) is 4.25. The molecule has 8 nitrogen and oxygen atoms in total. The van der Waals surface area contributed by atoms with Crippen LogP contribution in [-0.4, -0.2) is 36.6 Å². The lowest BCUT2D eigenvalue weighted by Crippen LogP contribution is -2.11. The molecule has 2 N–H and O–H groups in total. The first-order valence-corrected chi connectivity index (χ1v) is 25.9. The molecule has 0 aliphatic rings. The van der Waals surface area contributed by atoms with E-state index in [1.165, 1.54) is 0 Å². The normalized spacial score (nSPS) is 11.5. The Hall–Kier alpha value is -5.44. The average Bonchev–Trinajstić information content (AvgIpc) is 3.35. The van der Waals surface area contributed by atoms with Gasteiger partial charge in [-0.25, -0.2) is 0 Å². The lowest BCUT2D eigenvalue weighted by Gasteiger charge is -2.20. The Morgan fingerprint density at radius 2 is 0.632 bits per heavy atom. The van der Waals surface area contributed by atoms with Crippen LogP contribution in [0.1, 0.15) is 0 Å². The molecule has 0 bridgehead atoms. The highest BCUT2D eigenvalue weighted by molar-refractivity contribution is 14.1. The van der Waals surface area contributed by atoms with Gasteiger partial charge in [0.1, 0.15) is 72.3 Å². The number of para-hydroxylation sites is 2. The Balaban J connectivity index is 0.850. The predicted octanol–water partition coefficient (Wildman–Crippen LogP) is 16.8. The molecule has 68 heavy (non-hydrogen) atoms. The van der Waals surface area contributed by atoms with Crippen molar-refractivity contribution in [3.05, 3.63) is 184 Å². The number of rotatable bonds is 14. The number of hydrogen-bond acceptors (Lipinski definition) is 8. The zero-order valence-electron chi connectivity index (χ0n) is 35.9. The molecule has 0 saturated heterocycles. The van der Waals surface area contributed by atoms with E-state index in [-0.39, 0.29) is 37.9 Å². The summed E-state index contributed by atoms with van der Waals surface area (Å²) >= 11 is 9.02.